The van der Waals surface area contributed by atoms with E-state index in [0.717, 1.165) is 22.0 Å². The third kappa shape index (κ3) is 5.12. The summed E-state index contributed by atoms with van der Waals surface area (Å²) in [5.74, 6) is 0.844. The number of nitrogens with one attached hydrogen (secondary N) is 1. The quantitative estimate of drug-likeness (QED) is 0.288. The number of hydrogen-bond donors (Lipinski definition) is 2. The molecule has 2 aromatic heterocycles. The molecule has 0 bridgehead atoms. The molecule has 8 nitrogen and oxygen atoms in total. The van der Waals surface area contributed by atoms with Gasteiger partial charge in [-0.15, -0.1) is 0 Å². The van der Waals surface area contributed by atoms with Crippen molar-refractivity contribution in [3.8, 4) is 23.0 Å². The van der Waals surface area contributed by atoms with Gasteiger partial charge in [0.1, 0.15) is 18.9 Å². The molecule has 180 valence electrons. The third-order valence-electron chi connectivity index (χ3n) is 5.64. The van der Waals surface area contributed by atoms with E-state index >= 15 is 0 Å². The van der Waals surface area contributed by atoms with Crippen molar-refractivity contribution in [2.24, 2.45) is 7.05 Å². The predicted molar refractivity (Wildman–Crippen MR) is 137 cm³/mol. The Balaban J connectivity index is 1.50. The molecule has 0 fully saturated rings. The lowest BCUT2D eigenvalue weighted by atomic mass is 10.1. The van der Waals surface area contributed by atoms with Gasteiger partial charge in [0, 0.05) is 24.2 Å². The van der Waals surface area contributed by atoms with Gasteiger partial charge in [0.05, 0.1) is 11.1 Å². The van der Waals surface area contributed by atoms with Crippen LogP contribution in [0.15, 0.2) is 91.0 Å². The lowest BCUT2D eigenvalue weighted by molar-refractivity contribution is 0.209. The summed E-state index contributed by atoms with van der Waals surface area (Å²) in [6, 6.07) is 28.7. The van der Waals surface area contributed by atoms with Gasteiger partial charge in [0.15, 0.2) is 0 Å². The normalized spacial score (nSPS) is 10.8. The van der Waals surface area contributed by atoms with Gasteiger partial charge in [-0.1, -0.05) is 60.7 Å². The highest BCUT2D eigenvalue weighted by Crippen LogP contribution is 2.36. The highest BCUT2D eigenvalue weighted by molar-refractivity contribution is 5.97. The zero-order chi connectivity index (χ0) is 24.9. The fraction of sp³-hybridized carbons (Fsp3) is 0.107. The number of ether oxygens (including phenoxy) is 2. The SMILES string of the molecule is Cn1nc(-c2ccc(OCc3ccccc3)nc2OCc2ccccc2)c2ccc(NC(=O)O)cc21. The molecule has 0 aliphatic rings. The number of benzene rings is 3. The molecule has 0 atom stereocenters. The molecule has 0 radical (unpaired) electrons. The molecule has 5 aromatic rings. The first-order chi connectivity index (χ1) is 17.6. The van der Waals surface area contributed by atoms with Crippen molar-refractivity contribution in [3.05, 3.63) is 102 Å². The van der Waals surface area contributed by atoms with Crippen LogP contribution in [-0.4, -0.2) is 26.0 Å². The first-order valence-electron chi connectivity index (χ1n) is 11.4. The first-order valence-corrected chi connectivity index (χ1v) is 11.4. The van der Waals surface area contributed by atoms with Crippen LogP contribution in [0.25, 0.3) is 22.2 Å². The van der Waals surface area contributed by atoms with E-state index in [4.69, 9.17) is 19.7 Å². The van der Waals surface area contributed by atoms with Crippen LogP contribution in [0.1, 0.15) is 11.1 Å². The second kappa shape index (κ2) is 10.2. The van der Waals surface area contributed by atoms with Gasteiger partial charge in [-0.2, -0.15) is 10.1 Å². The van der Waals surface area contributed by atoms with Gasteiger partial charge in [0.2, 0.25) is 11.8 Å². The molecule has 36 heavy (non-hydrogen) atoms. The predicted octanol–water partition coefficient (Wildman–Crippen LogP) is 5.88. The Morgan fingerprint density at radius 2 is 1.56 bits per heavy atom. The van der Waals surface area contributed by atoms with Crippen LogP contribution in [0.2, 0.25) is 0 Å². The Morgan fingerprint density at radius 3 is 2.22 bits per heavy atom. The van der Waals surface area contributed by atoms with Crippen LogP contribution >= 0.6 is 0 Å². The van der Waals surface area contributed by atoms with Crippen LogP contribution in [0, 0.1) is 0 Å². The van der Waals surface area contributed by atoms with E-state index in [1.165, 1.54) is 0 Å². The Bertz CT molecular complexity index is 1500. The molecular formula is C28H24N4O4. The lowest BCUT2D eigenvalue weighted by Gasteiger charge is -2.12. The van der Waals surface area contributed by atoms with Crippen LogP contribution in [0.5, 0.6) is 11.8 Å². The molecule has 0 aliphatic carbocycles. The van der Waals surface area contributed by atoms with Crippen LogP contribution < -0.4 is 14.8 Å². The van der Waals surface area contributed by atoms with E-state index in [1.807, 2.05) is 79.8 Å². The molecule has 8 heteroatoms. The Labute approximate surface area is 207 Å². The van der Waals surface area contributed by atoms with E-state index in [1.54, 1.807) is 22.9 Å². The van der Waals surface area contributed by atoms with Crippen molar-refractivity contribution >= 4 is 22.7 Å². The fourth-order valence-electron chi connectivity index (χ4n) is 3.91. The first kappa shape index (κ1) is 22.9. The van der Waals surface area contributed by atoms with Gasteiger partial charge in [-0.25, -0.2) is 4.79 Å². The average Bonchev–Trinajstić information content (AvgIpc) is 3.22. The van der Waals surface area contributed by atoms with E-state index in [9.17, 15) is 4.79 Å². The van der Waals surface area contributed by atoms with Gasteiger partial charge in [-0.3, -0.25) is 10.00 Å². The number of aromatic nitrogens is 3. The smallest absolute Gasteiger partial charge is 0.409 e. The topological polar surface area (TPSA) is 98.5 Å². The Morgan fingerprint density at radius 1 is 0.889 bits per heavy atom. The standard InChI is InChI=1S/C28H24N4O4/c1-32-24-16-21(29-28(33)34)12-13-22(24)26(31-32)23-14-15-25(35-17-19-8-4-2-5-9-19)30-27(23)36-18-20-10-6-3-7-11-20/h2-16,29H,17-18H2,1H3,(H,33,34). The van der Waals surface area contributed by atoms with Crippen molar-refractivity contribution in [3.63, 3.8) is 0 Å². The zero-order valence-corrected chi connectivity index (χ0v) is 19.6. The molecule has 1 amide bonds. The van der Waals surface area contributed by atoms with Crippen LogP contribution in [-0.2, 0) is 20.3 Å². The highest BCUT2D eigenvalue weighted by atomic mass is 16.5. The molecule has 2 N–H and O–H groups in total. The number of amides is 1. The van der Waals surface area contributed by atoms with Gasteiger partial charge >= 0.3 is 6.09 Å². The monoisotopic (exact) mass is 480 g/mol. The molecule has 0 saturated heterocycles. The summed E-state index contributed by atoms with van der Waals surface area (Å²) in [5.41, 5.74) is 4.68. The number of anilines is 1. The molecule has 3 aromatic carbocycles. The summed E-state index contributed by atoms with van der Waals surface area (Å²) >= 11 is 0. The molecule has 0 unspecified atom stereocenters. The number of aryl methyl sites for hydroxylation is 1. The molecule has 5 rings (SSSR count). The molecular weight excluding hydrogens is 456 g/mol. The summed E-state index contributed by atoms with van der Waals surface area (Å²) in [6.07, 6.45) is -1.12. The van der Waals surface area contributed by atoms with Crippen molar-refractivity contribution in [2.45, 2.75) is 13.2 Å². The number of pyridine rings is 1. The summed E-state index contributed by atoms with van der Waals surface area (Å²) in [6.45, 7) is 0.720. The van der Waals surface area contributed by atoms with Crippen LogP contribution in [0.4, 0.5) is 10.5 Å². The number of hydrogen-bond acceptors (Lipinski definition) is 5. The number of fused-ring (bicyclic) bond motifs is 1. The van der Waals surface area contributed by atoms with Crippen molar-refractivity contribution in [1.82, 2.24) is 14.8 Å². The van der Waals surface area contributed by atoms with Crippen LogP contribution in [0.3, 0.4) is 0 Å². The highest BCUT2D eigenvalue weighted by Gasteiger charge is 2.18. The van der Waals surface area contributed by atoms with E-state index < -0.39 is 6.09 Å². The number of carboxylic acid groups (broad SMARTS) is 1. The summed E-state index contributed by atoms with van der Waals surface area (Å²) in [7, 11) is 1.81. The largest absolute Gasteiger partial charge is 0.473 e. The minimum atomic E-state index is -1.12. The second-order valence-electron chi connectivity index (χ2n) is 8.19. The summed E-state index contributed by atoms with van der Waals surface area (Å²) < 4.78 is 13.8. The number of carbonyl (C=O) groups is 1. The zero-order valence-electron chi connectivity index (χ0n) is 19.6. The molecule has 0 saturated carbocycles. The van der Waals surface area contributed by atoms with Crippen molar-refractivity contribution < 1.29 is 19.4 Å². The Kier molecular flexibility index (Phi) is 6.48. The van der Waals surface area contributed by atoms with Gasteiger partial charge in [0.25, 0.3) is 0 Å². The van der Waals surface area contributed by atoms with E-state index in [2.05, 4.69) is 10.3 Å². The second-order valence-corrected chi connectivity index (χ2v) is 8.19. The fourth-order valence-corrected chi connectivity index (χ4v) is 3.91. The molecule has 0 spiro atoms. The number of nitrogens with zero attached hydrogens (tertiary/aromatic N) is 3. The molecule has 0 aliphatic heterocycles. The van der Waals surface area contributed by atoms with Gasteiger partial charge < -0.3 is 14.6 Å². The lowest BCUT2D eigenvalue weighted by Crippen LogP contribution is -2.06. The maximum absolute atomic E-state index is 11.1. The maximum Gasteiger partial charge on any atom is 0.409 e. The van der Waals surface area contributed by atoms with Crippen molar-refractivity contribution in [1.29, 1.82) is 0 Å². The van der Waals surface area contributed by atoms with E-state index in [-0.39, 0.29) is 0 Å². The third-order valence-corrected chi connectivity index (χ3v) is 5.64. The van der Waals surface area contributed by atoms with E-state index in [0.29, 0.717) is 41.9 Å². The Hall–Kier alpha value is -4.85. The minimum Gasteiger partial charge on any atom is -0.473 e. The average molecular weight is 481 g/mol. The van der Waals surface area contributed by atoms with Gasteiger partial charge in [-0.05, 0) is 35.4 Å². The number of rotatable bonds is 8. The van der Waals surface area contributed by atoms with Crippen molar-refractivity contribution in [2.75, 3.05) is 5.32 Å². The minimum absolute atomic E-state index is 0.334. The maximum atomic E-state index is 11.1. The summed E-state index contributed by atoms with van der Waals surface area (Å²) in [4.78, 5) is 15.7. The summed E-state index contributed by atoms with van der Waals surface area (Å²) in [5, 5.41) is 17.0. The molecule has 2 heterocycles.